The van der Waals surface area contributed by atoms with Crippen LogP contribution in [0.15, 0.2) is 18.2 Å². The van der Waals surface area contributed by atoms with Crippen LogP contribution in [0.2, 0.25) is 5.02 Å². The molecule has 2 aliphatic heterocycles. The number of amides is 1. The van der Waals surface area contributed by atoms with Gasteiger partial charge in [0.25, 0.3) is 0 Å². The van der Waals surface area contributed by atoms with Gasteiger partial charge in [-0.2, -0.15) is 0 Å². The highest BCUT2D eigenvalue weighted by Gasteiger charge is 2.34. The molecule has 132 valence electrons. The molecule has 2 heterocycles. The number of carbonyl (C=O) groups is 1. The minimum atomic E-state index is 0.0771. The van der Waals surface area contributed by atoms with Crippen molar-refractivity contribution in [1.29, 1.82) is 0 Å². The minimum Gasteiger partial charge on any atom is -0.492 e. The van der Waals surface area contributed by atoms with Gasteiger partial charge in [-0.15, -0.1) is 0 Å². The number of nitrogens with one attached hydrogen (secondary N) is 2. The monoisotopic (exact) mass is 350 g/mol. The van der Waals surface area contributed by atoms with E-state index in [0.29, 0.717) is 47.7 Å². The summed E-state index contributed by atoms with van der Waals surface area (Å²) in [6.45, 7) is 4.81. The van der Waals surface area contributed by atoms with Crippen molar-refractivity contribution >= 4 is 23.2 Å². The van der Waals surface area contributed by atoms with Gasteiger partial charge < -0.3 is 15.4 Å². The van der Waals surface area contributed by atoms with Crippen LogP contribution in [0.4, 0.5) is 5.69 Å². The number of halogens is 1. The Morgan fingerprint density at radius 3 is 2.67 bits per heavy atom. The number of carbonyl (C=O) groups excluding carboxylic acids is 1. The van der Waals surface area contributed by atoms with E-state index in [-0.39, 0.29) is 5.91 Å². The highest BCUT2D eigenvalue weighted by Crippen LogP contribution is 2.33. The molecule has 0 aromatic heterocycles. The Bertz CT molecular complexity index is 579. The van der Waals surface area contributed by atoms with Crippen LogP contribution in [-0.2, 0) is 4.79 Å². The lowest BCUT2D eigenvalue weighted by Crippen LogP contribution is -2.39. The second kappa shape index (κ2) is 7.75. The van der Waals surface area contributed by atoms with Crippen molar-refractivity contribution < 1.29 is 9.53 Å². The molecule has 2 N–H and O–H groups in total. The molecule has 2 fully saturated rings. The SMILES string of the molecule is CC(C)COc1ccc(NC(=O)CC2CC3CCC(C2)N3)cc1Cl. The third-order valence-corrected chi connectivity index (χ3v) is 5.13. The molecule has 2 atom stereocenters. The van der Waals surface area contributed by atoms with Gasteiger partial charge in [-0.25, -0.2) is 0 Å². The van der Waals surface area contributed by atoms with E-state index >= 15 is 0 Å². The normalized spacial score (nSPS) is 25.8. The summed E-state index contributed by atoms with van der Waals surface area (Å²) in [6.07, 6.45) is 5.35. The number of anilines is 1. The number of benzene rings is 1. The maximum absolute atomic E-state index is 12.3. The van der Waals surface area contributed by atoms with Crippen molar-refractivity contribution in [1.82, 2.24) is 5.32 Å². The zero-order valence-electron chi connectivity index (χ0n) is 14.5. The first kappa shape index (κ1) is 17.6. The Kier molecular flexibility index (Phi) is 5.67. The molecular weight excluding hydrogens is 324 g/mol. The predicted octanol–water partition coefficient (Wildman–Crippen LogP) is 4.23. The fraction of sp³-hybridized carbons (Fsp3) is 0.632. The Balaban J connectivity index is 1.51. The van der Waals surface area contributed by atoms with Crippen molar-refractivity contribution in [2.75, 3.05) is 11.9 Å². The highest BCUT2D eigenvalue weighted by atomic mass is 35.5. The van der Waals surface area contributed by atoms with E-state index in [4.69, 9.17) is 16.3 Å². The van der Waals surface area contributed by atoms with Crippen molar-refractivity contribution in [3.05, 3.63) is 23.2 Å². The molecule has 2 aliphatic rings. The smallest absolute Gasteiger partial charge is 0.224 e. The molecular formula is C19H27ClN2O2. The van der Waals surface area contributed by atoms with Crippen LogP contribution in [0.1, 0.15) is 46.0 Å². The van der Waals surface area contributed by atoms with E-state index in [9.17, 15) is 4.79 Å². The maximum Gasteiger partial charge on any atom is 0.224 e. The van der Waals surface area contributed by atoms with E-state index in [0.717, 1.165) is 18.5 Å². The summed E-state index contributed by atoms with van der Waals surface area (Å²) in [6, 6.07) is 6.68. The van der Waals surface area contributed by atoms with E-state index in [1.165, 1.54) is 12.8 Å². The topological polar surface area (TPSA) is 50.4 Å². The molecule has 4 nitrogen and oxygen atoms in total. The average molecular weight is 351 g/mol. The second-order valence-electron chi connectivity index (χ2n) is 7.58. The molecule has 0 aliphatic carbocycles. The first-order valence-electron chi connectivity index (χ1n) is 8.98. The number of hydrogen-bond acceptors (Lipinski definition) is 3. The van der Waals surface area contributed by atoms with E-state index < -0.39 is 0 Å². The summed E-state index contributed by atoms with van der Waals surface area (Å²) in [7, 11) is 0. The quantitative estimate of drug-likeness (QED) is 0.807. The van der Waals surface area contributed by atoms with Crippen LogP contribution < -0.4 is 15.4 Å². The Morgan fingerprint density at radius 2 is 2.04 bits per heavy atom. The van der Waals surface area contributed by atoms with Crippen LogP contribution in [0.5, 0.6) is 5.75 Å². The maximum atomic E-state index is 12.3. The zero-order valence-corrected chi connectivity index (χ0v) is 15.2. The standard InChI is InChI=1S/C19H27ClN2O2/c1-12(2)11-24-18-6-5-16(10-17(18)20)22-19(23)9-13-7-14-3-4-15(8-13)21-14/h5-6,10,12-15,21H,3-4,7-9,11H2,1-2H3,(H,22,23). The summed E-state index contributed by atoms with van der Waals surface area (Å²) in [5, 5.41) is 7.12. The predicted molar refractivity (Wildman–Crippen MR) is 97.7 cm³/mol. The molecule has 24 heavy (non-hydrogen) atoms. The van der Waals surface area contributed by atoms with Gasteiger partial charge in [0.1, 0.15) is 5.75 Å². The third kappa shape index (κ3) is 4.64. The average Bonchev–Trinajstić information content (AvgIpc) is 2.85. The van der Waals surface area contributed by atoms with Gasteiger partial charge in [-0.3, -0.25) is 4.79 Å². The lowest BCUT2D eigenvalue weighted by molar-refractivity contribution is -0.117. The van der Waals surface area contributed by atoms with Gasteiger partial charge in [0.05, 0.1) is 11.6 Å². The molecule has 1 amide bonds. The molecule has 0 radical (unpaired) electrons. The van der Waals surface area contributed by atoms with E-state index in [2.05, 4.69) is 24.5 Å². The number of rotatable bonds is 6. The largest absolute Gasteiger partial charge is 0.492 e. The van der Waals surface area contributed by atoms with Gasteiger partial charge in [0.15, 0.2) is 0 Å². The molecule has 0 saturated carbocycles. The van der Waals surface area contributed by atoms with Gasteiger partial charge >= 0.3 is 0 Å². The number of fused-ring (bicyclic) bond motifs is 2. The third-order valence-electron chi connectivity index (χ3n) is 4.83. The molecule has 1 aromatic carbocycles. The molecule has 5 heteroatoms. The lowest BCUT2D eigenvalue weighted by atomic mass is 9.89. The molecule has 2 unspecified atom stereocenters. The number of ether oxygens (including phenoxy) is 1. The van der Waals surface area contributed by atoms with Gasteiger partial charge in [-0.05, 0) is 55.7 Å². The summed E-state index contributed by atoms with van der Waals surface area (Å²) in [5.41, 5.74) is 0.735. The van der Waals surface area contributed by atoms with Crippen molar-refractivity contribution in [3.63, 3.8) is 0 Å². The summed E-state index contributed by atoms with van der Waals surface area (Å²) >= 11 is 6.25. The molecule has 2 saturated heterocycles. The number of piperidine rings is 1. The van der Waals surface area contributed by atoms with Gasteiger partial charge in [0, 0.05) is 24.2 Å². The van der Waals surface area contributed by atoms with Gasteiger partial charge in [0.2, 0.25) is 5.91 Å². The van der Waals surface area contributed by atoms with Crippen LogP contribution in [-0.4, -0.2) is 24.6 Å². The Labute approximate surface area is 149 Å². The summed E-state index contributed by atoms with van der Waals surface area (Å²) in [4.78, 5) is 12.3. The van der Waals surface area contributed by atoms with Crippen molar-refractivity contribution in [2.24, 2.45) is 11.8 Å². The van der Waals surface area contributed by atoms with Crippen LogP contribution >= 0.6 is 11.6 Å². The fourth-order valence-corrected chi connectivity index (χ4v) is 4.00. The van der Waals surface area contributed by atoms with Crippen molar-refractivity contribution in [3.8, 4) is 5.75 Å². The van der Waals surface area contributed by atoms with Crippen LogP contribution in [0.25, 0.3) is 0 Å². The lowest BCUT2D eigenvalue weighted by Gasteiger charge is -2.28. The molecule has 3 rings (SSSR count). The summed E-state index contributed by atoms with van der Waals surface area (Å²) < 4.78 is 5.66. The van der Waals surface area contributed by atoms with E-state index in [1.807, 2.05) is 12.1 Å². The Morgan fingerprint density at radius 1 is 1.33 bits per heavy atom. The highest BCUT2D eigenvalue weighted by molar-refractivity contribution is 6.32. The fourth-order valence-electron chi connectivity index (χ4n) is 3.77. The van der Waals surface area contributed by atoms with Crippen molar-refractivity contribution in [2.45, 2.75) is 58.0 Å². The number of hydrogen-bond donors (Lipinski definition) is 2. The molecule has 0 spiro atoms. The van der Waals surface area contributed by atoms with Crippen LogP contribution in [0.3, 0.4) is 0 Å². The molecule has 1 aromatic rings. The first-order valence-corrected chi connectivity index (χ1v) is 9.35. The molecule has 2 bridgehead atoms. The zero-order chi connectivity index (χ0) is 17.1. The van der Waals surface area contributed by atoms with E-state index in [1.54, 1.807) is 6.07 Å². The minimum absolute atomic E-state index is 0.0771. The Hall–Kier alpha value is -1.26. The second-order valence-corrected chi connectivity index (χ2v) is 7.98. The van der Waals surface area contributed by atoms with Gasteiger partial charge in [-0.1, -0.05) is 25.4 Å². The van der Waals surface area contributed by atoms with Crippen LogP contribution in [0, 0.1) is 11.8 Å². The summed E-state index contributed by atoms with van der Waals surface area (Å²) in [5.74, 6) is 1.68. The first-order chi connectivity index (χ1) is 11.5.